The van der Waals surface area contributed by atoms with Gasteiger partial charge in [0.05, 0.1) is 12.7 Å². The molecule has 2 amide bonds. The second kappa shape index (κ2) is 5.01. The number of hydrogen-bond donors (Lipinski definition) is 2. The standard InChI is InChI=1S/C11H19N3O3/c1-7-9(12-4-6-17-7)10(15)13-8-3-5-14(2)11(8)16/h7-9,12H,3-6H2,1-2H3,(H,13,15)/t7-,8?,9+/m1/s1. The highest BCUT2D eigenvalue weighted by atomic mass is 16.5. The van der Waals surface area contributed by atoms with Crippen molar-refractivity contribution in [2.24, 2.45) is 0 Å². The number of morpholine rings is 1. The van der Waals surface area contributed by atoms with Gasteiger partial charge in [0.15, 0.2) is 0 Å². The predicted octanol–water partition coefficient (Wildman–Crippen LogP) is -1.29. The van der Waals surface area contributed by atoms with E-state index in [4.69, 9.17) is 4.74 Å². The minimum Gasteiger partial charge on any atom is -0.375 e. The Balaban J connectivity index is 1.90. The molecule has 2 aliphatic rings. The summed E-state index contributed by atoms with van der Waals surface area (Å²) in [5.41, 5.74) is 0. The van der Waals surface area contributed by atoms with Gasteiger partial charge in [0.25, 0.3) is 0 Å². The molecule has 0 aromatic carbocycles. The first-order chi connectivity index (χ1) is 8.09. The first kappa shape index (κ1) is 12.3. The van der Waals surface area contributed by atoms with Crippen molar-refractivity contribution in [2.75, 3.05) is 26.7 Å². The zero-order chi connectivity index (χ0) is 12.4. The first-order valence-electron chi connectivity index (χ1n) is 6.00. The molecule has 0 aromatic rings. The smallest absolute Gasteiger partial charge is 0.244 e. The molecule has 2 heterocycles. The van der Waals surface area contributed by atoms with Crippen LogP contribution in [0.1, 0.15) is 13.3 Å². The number of carbonyl (C=O) groups excluding carboxylic acids is 2. The minimum atomic E-state index is -0.372. The topological polar surface area (TPSA) is 70.7 Å². The van der Waals surface area contributed by atoms with Crippen LogP contribution in [0, 0.1) is 0 Å². The Kier molecular flexibility index (Phi) is 3.63. The van der Waals surface area contributed by atoms with Crippen LogP contribution in [0.3, 0.4) is 0 Å². The Labute approximate surface area is 101 Å². The van der Waals surface area contributed by atoms with E-state index in [0.29, 0.717) is 26.1 Å². The Morgan fingerprint density at radius 1 is 1.59 bits per heavy atom. The molecule has 2 N–H and O–H groups in total. The minimum absolute atomic E-state index is 0.0114. The van der Waals surface area contributed by atoms with Gasteiger partial charge in [0.1, 0.15) is 12.1 Å². The summed E-state index contributed by atoms with van der Waals surface area (Å²) in [6, 6.07) is -0.731. The lowest BCUT2D eigenvalue weighted by Gasteiger charge is -2.30. The molecule has 1 unspecified atom stereocenters. The predicted molar refractivity (Wildman–Crippen MR) is 61.4 cm³/mol. The molecule has 0 saturated carbocycles. The molecule has 0 bridgehead atoms. The van der Waals surface area contributed by atoms with E-state index in [1.54, 1.807) is 11.9 Å². The van der Waals surface area contributed by atoms with Crippen LogP contribution in [0.25, 0.3) is 0 Å². The van der Waals surface area contributed by atoms with E-state index in [0.717, 1.165) is 0 Å². The van der Waals surface area contributed by atoms with E-state index in [1.807, 2.05) is 6.92 Å². The largest absolute Gasteiger partial charge is 0.375 e. The number of nitrogens with one attached hydrogen (secondary N) is 2. The first-order valence-corrected chi connectivity index (χ1v) is 6.00. The summed E-state index contributed by atoms with van der Waals surface area (Å²) in [6.07, 6.45) is 0.529. The molecule has 0 radical (unpaired) electrons. The number of likely N-dealkylation sites (N-methyl/N-ethyl adjacent to an activating group) is 1. The van der Waals surface area contributed by atoms with E-state index < -0.39 is 0 Å². The van der Waals surface area contributed by atoms with Gasteiger partial charge in [-0.05, 0) is 13.3 Å². The molecule has 17 heavy (non-hydrogen) atoms. The average Bonchev–Trinajstić information content (AvgIpc) is 2.61. The quantitative estimate of drug-likeness (QED) is 0.631. The van der Waals surface area contributed by atoms with Gasteiger partial charge >= 0.3 is 0 Å². The maximum Gasteiger partial charge on any atom is 0.244 e. The second-order valence-electron chi connectivity index (χ2n) is 4.62. The van der Waals surface area contributed by atoms with E-state index in [1.165, 1.54) is 0 Å². The lowest BCUT2D eigenvalue weighted by Crippen LogP contribution is -2.57. The van der Waals surface area contributed by atoms with Crippen molar-refractivity contribution >= 4 is 11.8 Å². The summed E-state index contributed by atoms with van der Waals surface area (Å²) in [7, 11) is 1.75. The number of rotatable bonds is 2. The van der Waals surface area contributed by atoms with Crippen molar-refractivity contribution in [3.63, 3.8) is 0 Å². The van der Waals surface area contributed by atoms with Crippen LogP contribution in [0.15, 0.2) is 0 Å². The Bertz CT molecular complexity index is 321. The molecule has 2 rings (SSSR count). The molecular formula is C11H19N3O3. The van der Waals surface area contributed by atoms with Crippen LogP contribution in [0.2, 0.25) is 0 Å². The highest BCUT2D eigenvalue weighted by Gasteiger charge is 2.34. The zero-order valence-electron chi connectivity index (χ0n) is 10.2. The maximum atomic E-state index is 12.0. The van der Waals surface area contributed by atoms with Crippen LogP contribution < -0.4 is 10.6 Å². The Hall–Kier alpha value is -1.14. The summed E-state index contributed by atoms with van der Waals surface area (Å²) < 4.78 is 5.41. The van der Waals surface area contributed by atoms with Gasteiger partial charge in [0, 0.05) is 20.1 Å². The van der Waals surface area contributed by atoms with Gasteiger partial charge in [-0.1, -0.05) is 0 Å². The highest BCUT2D eigenvalue weighted by molar-refractivity contribution is 5.91. The van der Waals surface area contributed by atoms with Crippen LogP contribution in [-0.4, -0.2) is 61.6 Å². The van der Waals surface area contributed by atoms with Gasteiger partial charge in [0.2, 0.25) is 11.8 Å². The normalized spacial score (nSPS) is 33.9. The monoisotopic (exact) mass is 241 g/mol. The fourth-order valence-corrected chi connectivity index (χ4v) is 2.25. The fourth-order valence-electron chi connectivity index (χ4n) is 2.25. The van der Waals surface area contributed by atoms with E-state index in [-0.39, 0.29) is 30.0 Å². The third kappa shape index (κ3) is 2.58. The van der Waals surface area contributed by atoms with Crippen molar-refractivity contribution in [1.29, 1.82) is 0 Å². The SMILES string of the molecule is C[C@H]1OCCN[C@@H]1C(=O)NC1CCN(C)C1=O. The summed E-state index contributed by atoms with van der Waals surface area (Å²) in [5, 5.41) is 5.89. The zero-order valence-corrected chi connectivity index (χ0v) is 10.2. The van der Waals surface area contributed by atoms with Gasteiger partial charge < -0.3 is 20.3 Å². The molecule has 2 saturated heterocycles. The Morgan fingerprint density at radius 2 is 2.35 bits per heavy atom. The van der Waals surface area contributed by atoms with E-state index >= 15 is 0 Å². The third-order valence-electron chi connectivity index (χ3n) is 3.34. The third-order valence-corrected chi connectivity index (χ3v) is 3.34. The Morgan fingerprint density at radius 3 is 2.94 bits per heavy atom. The lowest BCUT2D eigenvalue weighted by atomic mass is 10.1. The molecule has 6 heteroatoms. The molecule has 0 aliphatic carbocycles. The average molecular weight is 241 g/mol. The molecule has 0 spiro atoms. The molecule has 2 aliphatic heterocycles. The summed E-state index contributed by atoms with van der Waals surface area (Å²) in [6.45, 7) is 3.85. The summed E-state index contributed by atoms with van der Waals surface area (Å²) in [5.74, 6) is -0.159. The molecule has 96 valence electrons. The van der Waals surface area contributed by atoms with Gasteiger partial charge in [-0.3, -0.25) is 9.59 Å². The van der Waals surface area contributed by atoms with E-state index in [2.05, 4.69) is 10.6 Å². The number of amides is 2. The van der Waals surface area contributed by atoms with Crippen molar-refractivity contribution in [3.05, 3.63) is 0 Å². The van der Waals surface area contributed by atoms with Gasteiger partial charge in [-0.2, -0.15) is 0 Å². The molecular weight excluding hydrogens is 222 g/mol. The lowest BCUT2D eigenvalue weighted by molar-refractivity contribution is -0.135. The summed E-state index contributed by atoms with van der Waals surface area (Å²) >= 11 is 0. The highest BCUT2D eigenvalue weighted by Crippen LogP contribution is 2.10. The number of ether oxygens (including phenoxy) is 1. The second-order valence-corrected chi connectivity index (χ2v) is 4.62. The van der Waals surface area contributed by atoms with Gasteiger partial charge in [-0.25, -0.2) is 0 Å². The van der Waals surface area contributed by atoms with Crippen molar-refractivity contribution in [2.45, 2.75) is 31.5 Å². The van der Waals surface area contributed by atoms with Crippen molar-refractivity contribution in [3.8, 4) is 0 Å². The van der Waals surface area contributed by atoms with E-state index in [9.17, 15) is 9.59 Å². The number of likely N-dealkylation sites (tertiary alicyclic amines) is 1. The molecule has 3 atom stereocenters. The number of hydrogen-bond acceptors (Lipinski definition) is 4. The summed E-state index contributed by atoms with van der Waals surface area (Å²) in [4.78, 5) is 25.3. The number of carbonyl (C=O) groups is 2. The van der Waals surface area contributed by atoms with Crippen molar-refractivity contribution in [1.82, 2.24) is 15.5 Å². The molecule has 6 nitrogen and oxygen atoms in total. The van der Waals surface area contributed by atoms with Crippen molar-refractivity contribution < 1.29 is 14.3 Å². The maximum absolute atomic E-state index is 12.0. The van der Waals surface area contributed by atoms with Crippen LogP contribution >= 0.6 is 0 Å². The van der Waals surface area contributed by atoms with Crippen LogP contribution in [0.4, 0.5) is 0 Å². The number of nitrogens with zero attached hydrogens (tertiary/aromatic N) is 1. The van der Waals surface area contributed by atoms with Crippen LogP contribution in [-0.2, 0) is 14.3 Å². The molecule has 0 aromatic heterocycles. The van der Waals surface area contributed by atoms with Gasteiger partial charge in [-0.15, -0.1) is 0 Å². The van der Waals surface area contributed by atoms with Crippen LogP contribution in [0.5, 0.6) is 0 Å². The molecule has 2 fully saturated rings. The fraction of sp³-hybridized carbons (Fsp3) is 0.818.